The molecule has 6 heteroatoms. The molecule has 0 bridgehead atoms. The number of hydrogen-bond donors (Lipinski definition) is 0. The number of rotatable bonds is 32. The number of benzene rings is 8. The van der Waals surface area contributed by atoms with Crippen molar-refractivity contribution in [3.63, 3.8) is 0 Å². The smallest absolute Gasteiger partial charge is 0.336 e. The van der Waals surface area contributed by atoms with Gasteiger partial charge in [-0.2, -0.15) is 0 Å². The van der Waals surface area contributed by atoms with Crippen molar-refractivity contribution >= 4 is 22.7 Å². The van der Waals surface area contributed by atoms with Crippen molar-refractivity contribution in [2.45, 2.75) is 162 Å². The van der Waals surface area contributed by atoms with Crippen LogP contribution in [0.15, 0.2) is 182 Å². The molecule has 0 atom stereocenters. The average molecular weight is 1200 g/mol. The highest BCUT2D eigenvalue weighted by Crippen LogP contribution is 2.56. The van der Waals surface area contributed by atoms with Crippen molar-refractivity contribution < 1.29 is 28.5 Å². The third-order valence-corrected chi connectivity index (χ3v) is 17.3. The number of fused-ring (bicyclic) bond motifs is 4. The first-order valence-electron chi connectivity index (χ1n) is 33.2. The number of hydrogen-bond acceptors (Lipinski definition) is 6. The van der Waals surface area contributed by atoms with Crippen LogP contribution >= 0.6 is 0 Å². The van der Waals surface area contributed by atoms with Gasteiger partial charge in [0.1, 0.15) is 23.4 Å². The molecule has 0 aromatic heterocycles. The van der Waals surface area contributed by atoms with Crippen LogP contribution in [0.2, 0.25) is 0 Å². The first-order valence-corrected chi connectivity index (χ1v) is 33.2. The topological polar surface area (TPSA) is 71.1 Å². The van der Waals surface area contributed by atoms with E-state index in [1.165, 1.54) is 127 Å². The molecule has 6 nitrogen and oxygen atoms in total. The summed E-state index contributed by atoms with van der Waals surface area (Å²) in [5, 5.41) is 2.05. The normalized spacial score (nSPS) is 11.6. The van der Waals surface area contributed by atoms with E-state index in [4.69, 9.17) is 18.9 Å². The second-order valence-electron chi connectivity index (χ2n) is 24.0. The highest BCUT2D eigenvalue weighted by Gasteiger charge is 2.42. The minimum absolute atomic E-state index is 0.0738. The molecule has 462 valence electrons. The fraction of sp³-hybridized carbons (Fsp3) is 0.318. The number of carbonyl (C=O) groups is 2. The summed E-state index contributed by atoms with van der Waals surface area (Å²) in [7, 11) is 0. The van der Waals surface area contributed by atoms with Gasteiger partial charge in [-0.3, -0.25) is 0 Å². The summed E-state index contributed by atoms with van der Waals surface area (Å²) in [5.41, 5.74) is 16.5. The van der Waals surface area contributed by atoms with Crippen LogP contribution in [-0.2, 0) is 19.7 Å². The maximum Gasteiger partial charge on any atom is 0.336 e. The van der Waals surface area contributed by atoms with Gasteiger partial charge in [-0.25, -0.2) is 9.59 Å². The minimum atomic E-state index is -0.621. The van der Waals surface area contributed by atoms with E-state index in [0.29, 0.717) is 24.7 Å². The van der Waals surface area contributed by atoms with Gasteiger partial charge < -0.3 is 18.9 Å². The molecule has 1 aliphatic carbocycles. The van der Waals surface area contributed by atoms with Crippen LogP contribution in [-0.4, -0.2) is 25.2 Å². The highest BCUT2D eigenvalue weighted by molar-refractivity contribution is 5.93. The second kappa shape index (κ2) is 35.1. The summed E-state index contributed by atoms with van der Waals surface area (Å²) in [4.78, 5) is 24.5. The fourth-order valence-electron chi connectivity index (χ4n) is 12.4. The largest absolute Gasteiger partial charge is 0.494 e. The van der Waals surface area contributed by atoms with E-state index in [0.717, 1.165) is 102 Å². The van der Waals surface area contributed by atoms with Gasteiger partial charge in [0, 0.05) is 35.3 Å². The standard InChI is InChI=1S/C85H86O6/c1-5-8-11-14-17-22-27-58-88-76-47-40-68(41-48-76)66-32-36-70(37-33-66)74-45-52-79-80-53-46-75(64-82(80)85(81(79)63-74,56-25-20-15-12-9-6-2)57-26-21-16-13-10-7-3)71-38-34-67(35-39-71)69-42-49-77(50-43-69)89-59-28-23-18-19-24-29-60-90-83(86)54-55-84(87)91-78-51-44-72-61-65(4)30-31-73(72)62-78/h30-55,61-64H,6-7,9-10,12-13,15-16,18-21,23-26,28-29,56-57,59-60H2,1-4H3/b55-54+. The molecule has 0 aliphatic heterocycles. The van der Waals surface area contributed by atoms with Crippen molar-refractivity contribution in [3.05, 3.63) is 199 Å². The van der Waals surface area contributed by atoms with Gasteiger partial charge in [0.05, 0.1) is 13.2 Å². The Morgan fingerprint density at radius 3 is 1.36 bits per heavy atom. The van der Waals surface area contributed by atoms with Gasteiger partial charge in [0.15, 0.2) is 0 Å². The van der Waals surface area contributed by atoms with Gasteiger partial charge in [-0.05, 0) is 183 Å². The number of aryl methyl sites for hydroxylation is 1. The number of esters is 2. The SMILES string of the molecule is CC#CC#CC#CC#COc1ccc(-c2ccc(-c3ccc4c(c3)C(CCCCCCCC)(CCCCCCCC)c3cc(-c5ccc(-c6ccc(OCCCCCCCCOC(=O)/C=C/C(=O)Oc7ccc8cc(C)ccc8c7)cc6)cc5)ccc3-4)cc2)cc1. The minimum Gasteiger partial charge on any atom is -0.494 e. The molecule has 0 N–H and O–H groups in total. The first-order chi connectivity index (χ1) is 44.7. The quantitative estimate of drug-likeness (QED) is 0.0138. The average Bonchev–Trinajstić information content (AvgIpc) is 1.57. The fourth-order valence-corrected chi connectivity index (χ4v) is 12.4. The Hall–Kier alpha value is -9.46. The summed E-state index contributed by atoms with van der Waals surface area (Å²) in [6.07, 6.45) is 28.4. The van der Waals surface area contributed by atoms with Crippen molar-refractivity contribution in [3.8, 4) is 120 Å². The predicted octanol–water partition coefficient (Wildman–Crippen LogP) is 21.4. The molecule has 0 unspecified atom stereocenters. The van der Waals surface area contributed by atoms with E-state index in [-0.39, 0.29) is 5.41 Å². The van der Waals surface area contributed by atoms with Gasteiger partial charge in [0.25, 0.3) is 0 Å². The number of unbranched alkanes of at least 4 members (excludes halogenated alkanes) is 15. The Balaban J connectivity index is 0.789. The van der Waals surface area contributed by atoms with E-state index in [1.807, 2.05) is 43.3 Å². The van der Waals surface area contributed by atoms with Crippen molar-refractivity contribution in [1.82, 2.24) is 0 Å². The molecular formula is C85H86O6. The van der Waals surface area contributed by atoms with Crippen molar-refractivity contribution in [1.29, 1.82) is 0 Å². The summed E-state index contributed by atoms with van der Waals surface area (Å²) in [6.45, 7) is 9.36. The number of carbonyl (C=O) groups excluding carboxylic acids is 2. The zero-order chi connectivity index (χ0) is 63.3. The summed E-state index contributed by atoms with van der Waals surface area (Å²) < 4.78 is 22.5. The third kappa shape index (κ3) is 19.3. The molecule has 9 rings (SSSR count). The molecule has 8 aromatic carbocycles. The summed E-state index contributed by atoms with van der Waals surface area (Å²) >= 11 is 0. The Kier molecular flexibility index (Phi) is 25.4. The lowest BCUT2D eigenvalue weighted by Crippen LogP contribution is -2.25. The Labute approximate surface area is 542 Å². The van der Waals surface area contributed by atoms with Gasteiger partial charge >= 0.3 is 11.9 Å². The molecule has 8 aromatic rings. The second-order valence-corrected chi connectivity index (χ2v) is 24.0. The third-order valence-electron chi connectivity index (χ3n) is 17.3. The van der Waals surface area contributed by atoms with E-state index in [2.05, 4.69) is 189 Å². The zero-order valence-electron chi connectivity index (χ0n) is 53.8. The maximum absolute atomic E-state index is 12.3. The van der Waals surface area contributed by atoms with Crippen LogP contribution in [0.3, 0.4) is 0 Å². The molecule has 0 fully saturated rings. The zero-order valence-corrected chi connectivity index (χ0v) is 53.8. The molecule has 91 heavy (non-hydrogen) atoms. The van der Waals surface area contributed by atoms with Gasteiger partial charge in [-0.1, -0.05) is 249 Å². The Morgan fingerprint density at radius 2 is 0.813 bits per heavy atom. The first kappa shape index (κ1) is 66.0. The molecule has 0 amide bonds. The monoisotopic (exact) mass is 1200 g/mol. The van der Waals surface area contributed by atoms with Crippen LogP contribution in [0, 0.1) is 54.5 Å². The molecule has 1 aliphatic rings. The van der Waals surface area contributed by atoms with Crippen LogP contribution in [0.1, 0.15) is 166 Å². The summed E-state index contributed by atoms with van der Waals surface area (Å²) in [5.74, 6) is 19.5. The van der Waals surface area contributed by atoms with E-state index >= 15 is 0 Å². The predicted molar refractivity (Wildman–Crippen MR) is 375 cm³/mol. The molecular weight excluding hydrogens is 1120 g/mol. The van der Waals surface area contributed by atoms with Crippen LogP contribution in [0.25, 0.3) is 66.4 Å². The highest BCUT2D eigenvalue weighted by atomic mass is 16.5. The van der Waals surface area contributed by atoms with E-state index < -0.39 is 11.9 Å². The van der Waals surface area contributed by atoms with Crippen LogP contribution in [0.5, 0.6) is 17.2 Å². The van der Waals surface area contributed by atoms with Crippen molar-refractivity contribution in [2.24, 2.45) is 0 Å². The Morgan fingerprint density at radius 1 is 0.396 bits per heavy atom. The molecule has 0 spiro atoms. The molecule has 0 saturated carbocycles. The van der Waals surface area contributed by atoms with Crippen LogP contribution < -0.4 is 14.2 Å². The number of ether oxygens (including phenoxy) is 4. The Bertz CT molecular complexity index is 3970. The van der Waals surface area contributed by atoms with Gasteiger partial charge in [-0.15, -0.1) is 0 Å². The lowest BCUT2D eigenvalue weighted by Gasteiger charge is -2.33. The summed E-state index contributed by atoms with van der Waals surface area (Å²) in [6, 6.07) is 60.8. The lowest BCUT2D eigenvalue weighted by atomic mass is 9.70. The van der Waals surface area contributed by atoms with E-state index in [9.17, 15) is 9.59 Å². The van der Waals surface area contributed by atoms with Crippen LogP contribution in [0.4, 0.5) is 0 Å². The maximum atomic E-state index is 12.3. The van der Waals surface area contributed by atoms with Gasteiger partial charge in [0.2, 0.25) is 0 Å². The lowest BCUT2D eigenvalue weighted by molar-refractivity contribution is -0.138. The molecule has 0 saturated heterocycles. The molecule has 0 heterocycles. The van der Waals surface area contributed by atoms with E-state index in [1.54, 1.807) is 13.0 Å². The van der Waals surface area contributed by atoms with Crippen molar-refractivity contribution in [2.75, 3.05) is 13.2 Å². The molecule has 0 radical (unpaired) electrons.